The summed E-state index contributed by atoms with van der Waals surface area (Å²) >= 11 is -1.83. The molecule has 30 heavy (non-hydrogen) atoms. The van der Waals surface area contributed by atoms with Crippen LogP contribution in [0.3, 0.4) is 0 Å². The molecule has 0 bridgehead atoms. The second-order valence-corrected chi connectivity index (χ2v) is 8.18. The number of ether oxygens (including phenoxy) is 1. The molecule has 1 aliphatic carbocycles. The van der Waals surface area contributed by atoms with E-state index in [0.717, 1.165) is 24.1 Å². The Hall–Kier alpha value is -2.91. The first-order chi connectivity index (χ1) is 14.6. The topological polar surface area (TPSA) is 97.2 Å². The van der Waals surface area contributed by atoms with Gasteiger partial charge in [-0.1, -0.05) is 12.1 Å². The number of aromatic nitrogens is 3. The Balaban J connectivity index is 1.53. The zero-order valence-electron chi connectivity index (χ0n) is 16.1. The van der Waals surface area contributed by atoms with E-state index in [0.29, 0.717) is 42.0 Å². The quantitative estimate of drug-likeness (QED) is 0.498. The summed E-state index contributed by atoms with van der Waals surface area (Å²) in [5, 5.41) is 3.12. The Morgan fingerprint density at radius 3 is 2.87 bits per heavy atom. The average Bonchev–Trinajstić information content (AvgIpc) is 3.56. The summed E-state index contributed by atoms with van der Waals surface area (Å²) in [6.07, 6.45) is 4.14. The van der Waals surface area contributed by atoms with Crippen molar-refractivity contribution in [2.45, 2.75) is 19.3 Å². The molecule has 1 unspecified atom stereocenters. The van der Waals surface area contributed by atoms with Gasteiger partial charge in [0.05, 0.1) is 17.9 Å². The van der Waals surface area contributed by atoms with Crippen molar-refractivity contribution in [3.8, 4) is 17.1 Å². The van der Waals surface area contributed by atoms with Gasteiger partial charge >= 0.3 is 0 Å². The maximum Gasteiger partial charge on any atom is 0.230 e. The summed E-state index contributed by atoms with van der Waals surface area (Å²) in [4.78, 5) is 12.8. The summed E-state index contributed by atoms with van der Waals surface area (Å²) in [7, 11) is 0. The van der Waals surface area contributed by atoms with Crippen LogP contribution in [0.25, 0.3) is 11.4 Å². The Kier molecular flexibility index (Phi) is 6.29. The third kappa shape index (κ3) is 5.58. The second-order valence-electron chi connectivity index (χ2n) is 7.13. The zero-order chi connectivity index (χ0) is 20.9. The highest BCUT2D eigenvalue weighted by atomic mass is 32.2. The number of halogens is 1. The lowest BCUT2D eigenvalue weighted by Gasteiger charge is -2.11. The number of aryl methyl sites for hydroxylation is 1. The number of anilines is 2. The van der Waals surface area contributed by atoms with Crippen molar-refractivity contribution < 1.29 is 17.9 Å². The first-order valence-electron chi connectivity index (χ1n) is 9.62. The van der Waals surface area contributed by atoms with E-state index in [1.165, 1.54) is 18.5 Å². The first kappa shape index (κ1) is 20.4. The predicted molar refractivity (Wildman–Crippen MR) is 113 cm³/mol. The number of nitrogens with zero attached hydrogens (tertiary/aromatic N) is 3. The van der Waals surface area contributed by atoms with Crippen LogP contribution in [0.4, 0.5) is 16.0 Å². The maximum absolute atomic E-state index is 13.7. The molecule has 0 radical (unpaired) electrons. The van der Waals surface area contributed by atoms with Crippen molar-refractivity contribution in [2.24, 2.45) is 5.92 Å². The van der Waals surface area contributed by atoms with Crippen LogP contribution < -0.4 is 10.1 Å². The standard InChI is InChI=1S/C21H21FN4O3S/c22-16-6-7-18(19(11-16)29-12-15-4-5-15)20-23-13-24-21(26-20)25-17-3-1-2-14(10-17)8-9-30(27)28/h1-3,6-7,10-11,13,15H,4-5,8-9,12H2,(H,27,28)(H,23,24,25,26). The predicted octanol–water partition coefficient (Wildman–Crippen LogP) is 3.97. The third-order valence-electron chi connectivity index (χ3n) is 4.68. The molecule has 1 heterocycles. The molecule has 0 amide bonds. The molecule has 0 spiro atoms. The normalized spacial score (nSPS) is 14.3. The zero-order valence-corrected chi connectivity index (χ0v) is 16.9. The largest absolute Gasteiger partial charge is 0.492 e. The van der Waals surface area contributed by atoms with E-state index in [1.807, 2.05) is 24.3 Å². The molecule has 1 saturated carbocycles. The number of rotatable bonds is 9. The lowest BCUT2D eigenvalue weighted by Crippen LogP contribution is -2.04. The van der Waals surface area contributed by atoms with Gasteiger partial charge in [0.1, 0.15) is 17.9 Å². The molecular weight excluding hydrogens is 407 g/mol. The van der Waals surface area contributed by atoms with Crippen molar-refractivity contribution in [2.75, 3.05) is 17.7 Å². The Morgan fingerprint density at radius 2 is 2.07 bits per heavy atom. The molecule has 1 atom stereocenters. The van der Waals surface area contributed by atoms with Crippen molar-refractivity contribution in [3.63, 3.8) is 0 Å². The highest BCUT2D eigenvalue weighted by molar-refractivity contribution is 7.79. The molecule has 156 valence electrons. The molecule has 3 aromatic rings. The first-order valence-corrected chi connectivity index (χ1v) is 10.9. The molecule has 2 N–H and O–H groups in total. The summed E-state index contributed by atoms with van der Waals surface area (Å²) < 4.78 is 39.4. The molecule has 1 aromatic heterocycles. The molecular formula is C21H21FN4O3S. The van der Waals surface area contributed by atoms with Gasteiger partial charge in [-0.3, -0.25) is 0 Å². The van der Waals surface area contributed by atoms with E-state index >= 15 is 0 Å². The van der Waals surface area contributed by atoms with Crippen LogP contribution in [0, 0.1) is 11.7 Å². The highest BCUT2D eigenvalue weighted by Gasteiger charge is 2.23. The van der Waals surface area contributed by atoms with E-state index in [9.17, 15) is 8.60 Å². The van der Waals surface area contributed by atoms with E-state index in [2.05, 4.69) is 20.3 Å². The highest BCUT2D eigenvalue weighted by Crippen LogP contribution is 2.33. The summed E-state index contributed by atoms with van der Waals surface area (Å²) in [6, 6.07) is 11.8. The Labute approximate surface area is 176 Å². The number of nitrogens with one attached hydrogen (secondary N) is 1. The van der Waals surface area contributed by atoms with Crippen molar-refractivity contribution >= 4 is 22.7 Å². The van der Waals surface area contributed by atoms with Gasteiger partial charge in [0, 0.05) is 11.8 Å². The minimum Gasteiger partial charge on any atom is -0.492 e. The fraction of sp³-hybridized carbons (Fsp3) is 0.286. The SMILES string of the molecule is O=S(O)CCc1cccc(Nc2ncnc(-c3ccc(F)cc3OCC3CC3)n2)c1. The third-order valence-corrected chi connectivity index (χ3v) is 5.23. The maximum atomic E-state index is 13.7. The van der Waals surface area contributed by atoms with E-state index in [-0.39, 0.29) is 11.6 Å². The van der Waals surface area contributed by atoms with Crippen LogP contribution in [0.15, 0.2) is 48.8 Å². The van der Waals surface area contributed by atoms with Gasteiger partial charge < -0.3 is 14.6 Å². The van der Waals surface area contributed by atoms with Gasteiger partial charge in [0.25, 0.3) is 0 Å². The minimum absolute atomic E-state index is 0.174. The summed E-state index contributed by atoms with van der Waals surface area (Å²) in [6.45, 7) is 0.554. The molecule has 4 rings (SSSR count). The van der Waals surface area contributed by atoms with Gasteiger partial charge in [0.15, 0.2) is 16.9 Å². The van der Waals surface area contributed by atoms with E-state index in [4.69, 9.17) is 9.29 Å². The van der Waals surface area contributed by atoms with Gasteiger partial charge in [-0.05, 0) is 55.0 Å². The van der Waals surface area contributed by atoms with Crippen molar-refractivity contribution in [1.82, 2.24) is 15.0 Å². The number of hydrogen-bond acceptors (Lipinski definition) is 6. The van der Waals surface area contributed by atoms with Gasteiger partial charge in [0.2, 0.25) is 5.95 Å². The molecule has 9 heteroatoms. The second kappa shape index (κ2) is 9.27. The van der Waals surface area contributed by atoms with E-state index in [1.54, 1.807) is 6.07 Å². The summed E-state index contributed by atoms with van der Waals surface area (Å²) in [5.74, 6) is 1.46. The van der Waals surface area contributed by atoms with Crippen LogP contribution in [-0.2, 0) is 17.5 Å². The molecule has 1 aliphatic rings. The molecule has 7 nitrogen and oxygen atoms in total. The van der Waals surface area contributed by atoms with Crippen molar-refractivity contribution in [1.29, 1.82) is 0 Å². The van der Waals surface area contributed by atoms with E-state index < -0.39 is 11.1 Å². The monoisotopic (exact) mass is 428 g/mol. The van der Waals surface area contributed by atoms with Crippen LogP contribution >= 0.6 is 0 Å². The fourth-order valence-corrected chi connectivity index (χ4v) is 3.33. The van der Waals surface area contributed by atoms with Gasteiger partial charge in [-0.2, -0.15) is 4.98 Å². The van der Waals surface area contributed by atoms with Crippen LogP contribution in [0.1, 0.15) is 18.4 Å². The van der Waals surface area contributed by atoms with Crippen LogP contribution in [-0.4, -0.2) is 36.1 Å². The molecule has 0 aliphatic heterocycles. The number of benzene rings is 2. The van der Waals surface area contributed by atoms with Crippen molar-refractivity contribution in [3.05, 3.63) is 60.2 Å². The Bertz CT molecular complexity index is 1060. The summed E-state index contributed by atoms with van der Waals surface area (Å²) in [5.41, 5.74) is 2.27. The smallest absolute Gasteiger partial charge is 0.230 e. The molecule has 0 saturated heterocycles. The number of hydrogen-bond donors (Lipinski definition) is 2. The molecule has 2 aromatic carbocycles. The average molecular weight is 428 g/mol. The lowest BCUT2D eigenvalue weighted by atomic mass is 10.1. The minimum atomic E-state index is -1.83. The fourth-order valence-electron chi connectivity index (χ4n) is 2.92. The van der Waals surface area contributed by atoms with Crippen LogP contribution in [0.2, 0.25) is 0 Å². The van der Waals surface area contributed by atoms with Gasteiger partial charge in [-0.15, -0.1) is 0 Å². The lowest BCUT2D eigenvalue weighted by molar-refractivity contribution is 0.299. The van der Waals surface area contributed by atoms with Crippen LogP contribution in [0.5, 0.6) is 5.75 Å². The molecule has 1 fully saturated rings. The van der Waals surface area contributed by atoms with Gasteiger partial charge in [-0.25, -0.2) is 18.6 Å². The Morgan fingerprint density at radius 1 is 1.20 bits per heavy atom.